The Bertz CT molecular complexity index is 642. The monoisotopic (exact) mass is 314 g/mol. The maximum absolute atomic E-state index is 5.83. The van der Waals surface area contributed by atoms with Gasteiger partial charge in [0, 0.05) is 19.3 Å². The molecule has 6 nitrogen and oxygen atoms in total. The highest BCUT2D eigenvalue weighted by atomic mass is 16.5. The minimum Gasteiger partial charge on any atom is -0.489 e. The van der Waals surface area contributed by atoms with Gasteiger partial charge in [0.1, 0.15) is 11.6 Å². The first kappa shape index (κ1) is 15.6. The van der Waals surface area contributed by atoms with Crippen LogP contribution in [-0.2, 0) is 4.74 Å². The van der Waals surface area contributed by atoms with Crippen molar-refractivity contribution in [2.24, 2.45) is 0 Å². The molecular formula is C17H22N4O2. The first-order valence-electron chi connectivity index (χ1n) is 7.91. The first-order valence-corrected chi connectivity index (χ1v) is 7.91. The molecule has 2 heterocycles. The molecule has 1 saturated heterocycles. The van der Waals surface area contributed by atoms with Crippen molar-refractivity contribution in [1.29, 1.82) is 0 Å². The summed E-state index contributed by atoms with van der Waals surface area (Å²) in [4.78, 5) is 11.1. The van der Waals surface area contributed by atoms with E-state index in [2.05, 4.69) is 20.2 Å². The van der Waals surface area contributed by atoms with Gasteiger partial charge in [0.05, 0.1) is 25.0 Å². The third-order valence-electron chi connectivity index (χ3n) is 3.45. The quantitative estimate of drug-likeness (QED) is 0.916. The van der Waals surface area contributed by atoms with Crippen molar-refractivity contribution >= 4 is 17.5 Å². The molecule has 0 spiro atoms. The van der Waals surface area contributed by atoms with Crippen molar-refractivity contribution in [3.63, 3.8) is 0 Å². The molecule has 23 heavy (non-hydrogen) atoms. The minimum atomic E-state index is 0.118. The zero-order valence-electron chi connectivity index (χ0n) is 13.5. The van der Waals surface area contributed by atoms with Gasteiger partial charge in [-0.25, -0.2) is 4.98 Å². The van der Waals surface area contributed by atoms with Gasteiger partial charge in [-0.15, -0.1) is 0 Å². The van der Waals surface area contributed by atoms with Crippen LogP contribution in [0.3, 0.4) is 0 Å². The average molecular weight is 314 g/mol. The molecule has 122 valence electrons. The van der Waals surface area contributed by atoms with Gasteiger partial charge in [0.2, 0.25) is 5.95 Å². The standard InChI is InChI=1S/C17H22N4O2/c1-13(2)23-15-6-4-3-5-14(15)19-16-7-8-18-17(20-16)21-9-11-22-12-10-21/h3-8,13H,9-12H2,1-2H3,(H,18,19,20). The molecular weight excluding hydrogens is 292 g/mol. The Morgan fingerprint density at radius 1 is 1.17 bits per heavy atom. The van der Waals surface area contributed by atoms with Gasteiger partial charge in [-0.2, -0.15) is 4.98 Å². The number of nitrogens with zero attached hydrogens (tertiary/aromatic N) is 3. The fourth-order valence-corrected chi connectivity index (χ4v) is 2.40. The third kappa shape index (κ3) is 4.10. The summed E-state index contributed by atoms with van der Waals surface area (Å²) < 4.78 is 11.2. The van der Waals surface area contributed by atoms with Crippen LogP contribution in [0.4, 0.5) is 17.5 Å². The van der Waals surface area contributed by atoms with Crippen molar-refractivity contribution in [3.8, 4) is 5.75 Å². The summed E-state index contributed by atoms with van der Waals surface area (Å²) in [7, 11) is 0. The van der Waals surface area contributed by atoms with Crippen LogP contribution in [0.2, 0.25) is 0 Å². The van der Waals surface area contributed by atoms with Gasteiger partial charge >= 0.3 is 0 Å². The lowest BCUT2D eigenvalue weighted by molar-refractivity contribution is 0.122. The van der Waals surface area contributed by atoms with Crippen molar-refractivity contribution in [2.45, 2.75) is 20.0 Å². The van der Waals surface area contributed by atoms with Crippen molar-refractivity contribution in [3.05, 3.63) is 36.5 Å². The highest BCUT2D eigenvalue weighted by molar-refractivity contribution is 5.64. The Hall–Kier alpha value is -2.34. The van der Waals surface area contributed by atoms with E-state index >= 15 is 0 Å². The second-order valence-electron chi connectivity index (χ2n) is 5.63. The molecule has 2 aromatic rings. The number of nitrogens with one attached hydrogen (secondary N) is 1. The number of rotatable bonds is 5. The van der Waals surface area contributed by atoms with E-state index in [9.17, 15) is 0 Å². The molecule has 3 rings (SSSR count). The normalized spacial score (nSPS) is 14.8. The fourth-order valence-electron chi connectivity index (χ4n) is 2.40. The molecule has 0 aliphatic carbocycles. The predicted molar refractivity (Wildman–Crippen MR) is 90.6 cm³/mol. The van der Waals surface area contributed by atoms with Crippen LogP contribution in [-0.4, -0.2) is 42.4 Å². The summed E-state index contributed by atoms with van der Waals surface area (Å²) in [6.45, 7) is 7.08. The summed E-state index contributed by atoms with van der Waals surface area (Å²) >= 11 is 0. The summed E-state index contributed by atoms with van der Waals surface area (Å²) in [6, 6.07) is 9.72. The summed E-state index contributed by atoms with van der Waals surface area (Å²) in [5, 5.41) is 3.32. The third-order valence-corrected chi connectivity index (χ3v) is 3.45. The fraction of sp³-hybridized carbons (Fsp3) is 0.412. The Kier molecular flexibility index (Phi) is 4.92. The van der Waals surface area contributed by atoms with Crippen molar-refractivity contribution < 1.29 is 9.47 Å². The molecule has 1 fully saturated rings. The van der Waals surface area contributed by atoms with Gasteiger partial charge in [0.15, 0.2) is 0 Å². The van der Waals surface area contributed by atoms with Gasteiger partial charge in [-0.1, -0.05) is 12.1 Å². The lowest BCUT2D eigenvalue weighted by Crippen LogP contribution is -2.37. The first-order chi connectivity index (χ1) is 11.2. The predicted octanol–water partition coefficient (Wildman–Crippen LogP) is 2.84. The molecule has 6 heteroatoms. The number of aromatic nitrogens is 2. The number of para-hydroxylation sites is 2. The van der Waals surface area contributed by atoms with Crippen LogP contribution in [0.5, 0.6) is 5.75 Å². The Labute approximate surface area is 136 Å². The van der Waals surface area contributed by atoms with Crippen molar-refractivity contribution in [1.82, 2.24) is 9.97 Å². The van der Waals surface area contributed by atoms with E-state index in [1.807, 2.05) is 44.2 Å². The van der Waals surface area contributed by atoms with Crippen LogP contribution >= 0.6 is 0 Å². The van der Waals surface area contributed by atoms with E-state index in [1.165, 1.54) is 0 Å². The SMILES string of the molecule is CC(C)Oc1ccccc1Nc1ccnc(N2CCOCC2)n1. The lowest BCUT2D eigenvalue weighted by atomic mass is 10.3. The Morgan fingerprint density at radius 2 is 1.96 bits per heavy atom. The number of anilines is 3. The highest BCUT2D eigenvalue weighted by Gasteiger charge is 2.14. The lowest BCUT2D eigenvalue weighted by Gasteiger charge is -2.26. The molecule has 0 radical (unpaired) electrons. The summed E-state index contributed by atoms with van der Waals surface area (Å²) in [5.41, 5.74) is 0.896. The van der Waals surface area contributed by atoms with E-state index in [0.29, 0.717) is 13.2 Å². The zero-order chi connectivity index (χ0) is 16.1. The van der Waals surface area contributed by atoms with E-state index in [0.717, 1.165) is 36.3 Å². The number of morpholine rings is 1. The Morgan fingerprint density at radius 3 is 2.74 bits per heavy atom. The van der Waals surface area contributed by atoms with E-state index < -0.39 is 0 Å². The second kappa shape index (κ2) is 7.28. The number of hydrogen-bond acceptors (Lipinski definition) is 6. The number of benzene rings is 1. The Balaban J connectivity index is 1.78. The maximum Gasteiger partial charge on any atom is 0.227 e. The van der Waals surface area contributed by atoms with Gasteiger partial charge in [0.25, 0.3) is 0 Å². The molecule has 0 amide bonds. The van der Waals surface area contributed by atoms with Gasteiger partial charge < -0.3 is 19.7 Å². The maximum atomic E-state index is 5.83. The molecule has 1 aromatic heterocycles. The average Bonchev–Trinajstić information content (AvgIpc) is 2.57. The summed E-state index contributed by atoms with van der Waals surface area (Å²) in [6.07, 6.45) is 1.89. The van der Waals surface area contributed by atoms with Crippen LogP contribution in [0.25, 0.3) is 0 Å². The minimum absolute atomic E-state index is 0.118. The summed E-state index contributed by atoms with van der Waals surface area (Å²) in [5.74, 6) is 2.29. The van der Waals surface area contributed by atoms with Gasteiger partial charge in [-0.3, -0.25) is 0 Å². The number of ether oxygens (including phenoxy) is 2. The molecule has 0 saturated carbocycles. The van der Waals surface area contributed by atoms with Crippen molar-refractivity contribution in [2.75, 3.05) is 36.5 Å². The van der Waals surface area contributed by atoms with E-state index in [-0.39, 0.29) is 6.10 Å². The largest absolute Gasteiger partial charge is 0.489 e. The van der Waals surface area contributed by atoms with Crippen LogP contribution < -0.4 is 15.0 Å². The van der Waals surface area contributed by atoms with Crippen LogP contribution in [0, 0.1) is 0 Å². The van der Waals surface area contributed by atoms with E-state index in [4.69, 9.17) is 9.47 Å². The highest BCUT2D eigenvalue weighted by Crippen LogP contribution is 2.28. The molecule has 1 aromatic carbocycles. The molecule has 1 aliphatic rings. The topological polar surface area (TPSA) is 59.5 Å². The number of hydrogen-bond donors (Lipinski definition) is 1. The smallest absolute Gasteiger partial charge is 0.227 e. The van der Waals surface area contributed by atoms with Crippen LogP contribution in [0.1, 0.15) is 13.8 Å². The molecule has 0 bridgehead atoms. The van der Waals surface area contributed by atoms with E-state index in [1.54, 1.807) is 6.20 Å². The zero-order valence-corrected chi connectivity index (χ0v) is 13.5. The molecule has 1 aliphatic heterocycles. The molecule has 1 N–H and O–H groups in total. The van der Waals surface area contributed by atoms with Gasteiger partial charge in [-0.05, 0) is 32.0 Å². The molecule has 0 atom stereocenters. The molecule has 0 unspecified atom stereocenters. The second-order valence-corrected chi connectivity index (χ2v) is 5.63. The van der Waals surface area contributed by atoms with Crippen LogP contribution in [0.15, 0.2) is 36.5 Å².